The lowest BCUT2D eigenvalue weighted by Crippen LogP contribution is -2.35. The molecule has 4 heteroatoms. The van der Waals surface area contributed by atoms with Crippen molar-refractivity contribution in [3.8, 4) is 5.75 Å². The molecule has 0 spiro atoms. The Hall–Kier alpha value is -1.22. The molecule has 2 saturated carbocycles. The van der Waals surface area contributed by atoms with E-state index in [1.807, 2.05) is 4.90 Å². The lowest BCUT2D eigenvalue weighted by molar-refractivity contribution is 0.0734. The number of aromatic hydroxyl groups is 1. The van der Waals surface area contributed by atoms with Crippen LogP contribution in [-0.4, -0.2) is 28.5 Å². The fourth-order valence-electron chi connectivity index (χ4n) is 2.19. The number of phenolic OH excluding ortho intramolecular Hbond substituents is 1. The first-order chi connectivity index (χ1) is 8.65. The summed E-state index contributed by atoms with van der Waals surface area (Å²) in [5, 5.41) is 9.90. The second kappa shape index (κ2) is 4.47. The van der Waals surface area contributed by atoms with Crippen molar-refractivity contribution in [3.05, 3.63) is 28.8 Å². The summed E-state index contributed by atoms with van der Waals surface area (Å²) >= 11 is 6.05. The van der Waals surface area contributed by atoms with E-state index in [4.69, 9.17) is 11.6 Å². The number of hydrogen-bond acceptors (Lipinski definition) is 2. The molecule has 2 fully saturated rings. The van der Waals surface area contributed by atoms with E-state index in [0.717, 1.165) is 19.4 Å². The number of benzene rings is 1. The monoisotopic (exact) mass is 265 g/mol. The number of rotatable bonds is 4. The summed E-state index contributed by atoms with van der Waals surface area (Å²) in [7, 11) is 0. The molecule has 0 radical (unpaired) electrons. The number of nitrogens with zero attached hydrogens (tertiary/aromatic N) is 1. The Balaban J connectivity index is 1.83. The molecule has 2 aliphatic carbocycles. The molecular weight excluding hydrogens is 250 g/mol. The number of halogens is 1. The Bertz CT molecular complexity index is 481. The van der Waals surface area contributed by atoms with E-state index in [1.165, 1.54) is 25.0 Å². The predicted molar refractivity (Wildman–Crippen MR) is 69.9 cm³/mol. The maximum atomic E-state index is 12.5. The summed E-state index contributed by atoms with van der Waals surface area (Å²) in [4.78, 5) is 14.4. The van der Waals surface area contributed by atoms with Gasteiger partial charge in [-0.05, 0) is 49.8 Å². The van der Waals surface area contributed by atoms with Gasteiger partial charge < -0.3 is 10.0 Å². The Morgan fingerprint density at radius 2 is 2.06 bits per heavy atom. The molecule has 96 valence electrons. The van der Waals surface area contributed by atoms with Crippen molar-refractivity contribution in [1.29, 1.82) is 0 Å². The number of hydrogen-bond donors (Lipinski definition) is 1. The largest absolute Gasteiger partial charge is 0.508 e. The number of phenols is 1. The van der Waals surface area contributed by atoms with Crippen molar-refractivity contribution in [2.75, 3.05) is 6.54 Å². The third kappa shape index (κ3) is 2.46. The Morgan fingerprint density at radius 3 is 2.67 bits per heavy atom. The van der Waals surface area contributed by atoms with Crippen molar-refractivity contribution in [1.82, 2.24) is 4.90 Å². The number of carbonyl (C=O) groups is 1. The van der Waals surface area contributed by atoms with Crippen LogP contribution in [0.2, 0.25) is 5.02 Å². The second-order valence-electron chi connectivity index (χ2n) is 5.30. The lowest BCUT2D eigenvalue weighted by atomic mass is 10.1. The van der Waals surface area contributed by atoms with Crippen LogP contribution in [-0.2, 0) is 0 Å². The van der Waals surface area contributed by atoms with E-state index in [2.05, 4.69) is 0 Å². The maximum Gasteiger partial charge on any atom is 0.255 e. The predicted octanol–water partition coefficient (Wildman–Crippen LogP) is 3.06. The van der Waals surface area contributed by atoms with Gasteiger partial charge in [0.1, 0.15) is 5.75 Å². The summed E-state index contributed by atoms with van der Waals surface area (Å²) in [6.45, 7) is 0.843. The fraction of sp³-hybridized carbons (Fsp3) is 0.500. The molecule has 0 unspecified atom stereocenters. The van der Waals surface area contributed by atoms with Crippen LogP contribution in [0.5, 0.6) is 5.75 Å². The van der Waals surface area contributed by atoms with Crippen LogP contribution < -0.4 is 0 Å². The highest BCUT2D eigenvalue weighted by molar-refractivity contribution is 6.33. The average Bonchev–Trinajstić information content (AvgIpc) is 3.21. The van der Waals surface area contributed by atoms with Gasteiger partial charge in [-0.25, -0.2) is 0 Å². The molecule has 0 atom stereocenters. The van der Waals surface area contributed by atoms with E-state index >= 15 is 0 Å². The van der Waals surface area contributed by atoms with Gasteiger partial charge in [0.05, 0.1) is 10.6 Å². The van der Waals surface area contributed by atoms with E-state index < -0.39 is 0 Å². The van der Waals surface area contributed by atoms with Crippen molar-refractivity contribution in [2.24, 2.45) is 5.92 Å². The Labute approximate surface area is 111 Å². The van der Waals surface area contributed by atoms with Crippen LogP contribution in [0.3, 0.4) is 0 Å². The van der Waals surface area contributed by atoms with Gasteiger partial charge in [-0.3, -0.25) is 4.79 Å². The van der Waals surface area contributed by atoms with Crippen LogP contribution in [0.15, 0.2) is 18.2 Å². The molecule has 0 saturated heterocycles. The van der Waals surface area contributed by atoms with E-state index in [0.29, 0.717) is 22.5 Å². The van der Waals surface area contributed by atoms with Crippen LogP contribution >= 0.6 is 11.6 Å². The third-order valence-electron chi connectivity index (χ3n) is 3.58. The molecule has 1 aromatic carbocycles. The second-order valence-corrected chi connectivity index (χ2v) is 5.70. The molecule has 0 bridgehead atoms. The molecular formula is C14H16ClNO2. The summed E-state index contributed by atoms with van der Waals surface area (Å²) < 4.78 is 0. The SMILES string of the molecule is O=C(c1cc(O)ccc1Cl)N(CC1CC1)C1CC1. The van der Waals surface area contributed by atoms with Gasteiger partial charge in [-0.2, -0.15) is 0 Å². The molecule has 0 aliphatic heterocycles. The molecule has 0 heterocycles. The van der Waals surface area contributed by atoms with Crippen molar-refractivity contribution >= 4 is 17.5 Å². The van der Waals surface area contributed by atoms with Crippen LogP contribution in [0, 0.1) is 5.92 Å². The minimum atomic E-state index is -0.0368. The summed E-state index contributed by atoms with van der Waals surface area (Å²) in [5.74, 6) is 0.723. The number of amides is 1. The van der Waals surface area contributed by atoms with Crippen molar-refractivity contribution in [2.45, 2.75) is 31.7 Å². The van der Waals surface area contributed by atoms with Gasteiger partial charge in [0.2, 0.25) is 0 Å². The van der Waals surface area contributed by atoms with Gasteiger partial charge in [0, 0.05) is 12.6 Å². The van der Waals surface area contributed by atoms with Crippen LogP contribution in [0.1, 0.15) is 36.0 Å². The normalized spacial score (nSPS) is 18.7. The van der Waals surface area contributed by atoms with Gasteiger partial charge >= 0.3 is 0 Å². The lowest BCUT2D eigenvalue weighted by Gasteiger charge is -2.23. The smallest absolute Gasteiger partial charge is 0.255 e. The third-order valence-corrected chi connectivity index (χ3v) is 3.91. The first-order valence-corrected chi connectivity index (χ1v) is 6.82. The average molecular weight is 266 g/mol. The zero-order chi connectivity index (χ0) is 12.7. The molecule has 3 rings (SSSR count). The molecule has 1 aromatic rings. The zero-order valence-electron chi connectivity index (χ0n) is 10.1. The van der Waals surface area contributed by atoms with Gasteiger partial charge in [0.25, 0.3) is 5.91 Å². The Morgan fingerprint density at radius 1 is 1.33 bits per heavy atom. The topological polar surface area (TPSA) is 40.5 Å². The first-order valence-electron chi connectivity index (χ1n) is 6.44. The molecule has 1 N–H and O–H groups in total. The highest BCUT2D eigenvalue weighted by Crippen LogP contribution is 2.36. The first kappa shape index (κ1) is 11.8. The molecule has 0 aromatic heterocycles. The van der Waals surface area contributed by atoms with E-state index in [1.54, 1.807) is 6.07 Å². The van der Waals surface area contributed by atoms with Crippen molar-refractivity contribution < 1.29 is 9.90 Å². The van der Waals surface area contributed by atoms with Crippen molar-refractivity contribution in [3.63, 3.8) is 0 Å². The summed E-state index contributed by atoms with van der Waals surface area (Å²) in [6.07, 6.45) is 4.64. The zero-order valence-corrected chi connectivity index (χ0v) is 10.9. The molecule has 1 amide bonds. The van der Waals surface area contributed by atoms with Gasteiger partial charge in [-0.15, -0.1) is 0 Å². The highest BCUT2D eigenvalue weighted by Gasteiger charge is 2.37. The number of carbonyl (C=O) groups excluding carboxylic acids is 1. The minimum absolute atomic E-state index is 0.0368. The molecule has 18 heavy (non-hydrogen) atoms. The minimum Gasteiger partial charge on any atom is -0.508 e. The quantitative estimate of drug-likeness (QED) is 0.909. The highest BCUT2D eigenvalue weighted by atomic mass is 35.5. The maximum absolute atomic E-state index is 12.5. The standard InChI is InChI=1S/C14H16ClNO2/c15-13-6-5-11(17)7-12(13)14(18)16(10-3-4-10)8-9-1-2-9/h5-7,9-10,17H,1-4,8H2. The van der Waals surface area contributed by atoms with Crippen LogP contribution in [0.25, 0.3) is 0 Å². The van der Waals surface area contributed by atoms with E-state index in [-0.39, 0.29) is 11.7 Å². The molecule has 2 aliphatic rings. The Kier molecular flexibility index (Phi) is 2.94. The summed E-state index contributed by atoms with van der Waals surface area (Å²) in [6, 6.07) is 4.93. The fourth-order valence-corrected chi connectivity index (χ4v) is 2.39. The van der Waals surface area contributed by atoms with E-state index in [9.17, 15) is 9.90 Å². The van der Waals surface area contributed by atoms with Gasteiger partial charge in [-0.1, -0.05) is 11.6 Å². The molecule has 3 nitrogen and oxygen atoms in total. The van der Waals surface area contributed by atoms with Gasteiger partial charge in [0.15, 0.2) is 0 Å². The summed E-state index contributed by atoms with van der Waals surface area (Å²) in [5.41, 5.74) is 0.421. The van der Waals surface area contributed by atoms with Crippen LogP contribution in [0.4, 0.5) is 0 Å².